The van der Waals surface area contributed by atoms with E-state index >= 15 is 0 Å². The summed E-state index contributed by atoms with van der Waals surface area (Å²) in [6.45, 7) is 5.76. The van der Waals surface area contributed by atoms with Gasteiger partial charge in [0.25, 0.3) is 5.69 Å². The van der Waals surface area contributed by atoms with Gasteiger partial charge in [-0.05, 0) is 37.1 Å². The summed E-state index contributed by atoms with van der Waals surface area (Å²) in [7, 11) is 0. The summed E-state index contributed by atoms with van der Waals surface area (Å²) in [6, 6.07) is 12.5. The molecule has 0 spiro atoms. The third kappa shape index (κ3) is 4.90. The first kappa shape index (κ1) is 25.1. The maximum atomic E-state index is 13.9. The van der Waals surface area contributed by atoms with Gasteiger partial charge < -0.3 is 24.3 Å². The first-order valence-corrected chi connectivity index (χ1v) is 13.0. The minimum atomic E-state index is -0.396. The second kappa shape index (κ2) is 10.5. The Labute approximate surface area is 220 Å². The molecule has 196 valence electrons. The van der Waals surface area contributed by atoms with Crippen molar-refractivity contribution in [2.75, 3.05) is 62.2 Å². The van der Waals surface area contributed by atoms with Crippen molar-refractivity contribution < 1.29 is 19.2 Å². The molecule has 10 nitrogen and oxygen atoms in total. The van der Waals surface area contributed by atoms with E-state index in [1.807, 2.05) is 35.2 Å². The van der Waals surface area contributed by atoms with Crippen LogP contribution in [0.1, 0.15) is 12.5 Å². The van der Waals surface area contributed by atoms with Gasteiger partial charge in [0.1, 0.15) is 0 Å². The molecule has 11 heteroatoms. The van der Waals surface area contributed by atoms with E-state index in [0.29, 0.717) is 57.3 Å². The van der Waals surface area contributed by atoms with Gasteiger partial charge in [0.2, 0.25) is 5.91 Å². The lowest BCUT2D eigenvalue weighted by Crippen LogP contribution is -2.62. The predicted octanol–water partition coefficient (Wildman–Crippen LogP) is 3.42. The van der Waals surface area contributed by atoms with Crippen molar-refractivity contribution in [2.45, 2.75) is 19.4 Å². The highest BCUT2D eigenvalue weighted by Crippen LogP contribution is 2.40. The number of hydrogen-bond donors (Lipinski definition) is 0. The molecule has 5 rings (SSSR count). The molecule has 2 atom stereocenters. The highest BCUT2D eigenvalue weighted by molar-refractivity contribution is 6.33. The van der Waals surface area contributed by atoms with E-state index < -0.39 is 4.92 Å². The maximum absolute atomic E-state index is 13.9. The minimum Gasteiger partial charge on any atom is -0.450 e. The third-order valence-electron chi connectivity index (χ3n) is 7.53. The van der Waals surface area contributed by atoms with Gasteiger partial charge in [-0.15, -0.1) is 0 Å². The number of ether oxygens (including phenoxy) is 1. The first-order valence-electron chi connectivity index (χ1n) is 12.6. The van der Waals surface area contributed by atoms with Crippen LogP contribution in [0.4, 0.5) is 21.9 Å². The summed E-state index contributed by atoms with van der Waals surface area (Å²) < 4.78 is 5.10. The Bertz CT molecular complexity index is 1200. The molecule has 2 amide bonds. The van der Waals surface area contributed by atoms with Crippen LogP contribution in [0.3, 0.4) is 0 Å². The Hall–Kier alpha value is -3.53. The SMILES string of the molecule is CCOC(=O)N1CCN(C(=O)[C@@H]2Cc3cc([N+](=O)[O-])ccc3N3CCN(c4ccccc4Cl)C[C@H]23)CC1. The lowest BCUT2D eigenvalue weighted by Gasteiger charge is -2.50. The van der Waals surface area contributed by atoms with Crippen molar-refractivity contribution >= 4 is 40.7 Å². The van der Waals surface area contributed by atoms with E-state index in [1.165, 1.54) is 6.07 Å². The van der Waals surface area contributed by atoms with Crippen molar-refractivity contribution in [3.63, 3.8) is 0 Å². The molecule has 3 aliphatic heterocycles. The Morgan fingerprint density at radius 2 is 1.76 bits per heavy atom. The van der Waals surface area contributed by atoms with Gasteiger partial charge >= 0.3 is 6.09 Å². The fourth-order valence-corrected chi connectivity index (χ4v) is 5.95. The number of nitro benzene ring substituents is 1. The van der Waals surface area contributed by atoms with Crippen LogP contribution < -0.4 is 9.80 Å². The van der Waals surface area contributed by atoms with Gasteiger partial charge in [-0.1, -0.05) is 23.7 Å². The number of carbonyl (C=O) groups excluding carboxylic acids is 2. The summed E-state index contributed by atoms with van der Waals surface area (Å²) in [4.78, 5) is 45.0. The monoisotopic (exact) mass is 527 g/mol. The number of halogens is 1. The normalized spacial score (nSPS) is 21.2. The molecule has 2 saturated heterocycles. The Balaban J connectivity index is 1.41. The number of anilines is 2. The fourth-order valence-electron chi connectivity index (χ4n) is 5.69. The third-order valence-corrected chi connectivity index (χ3v) is 7.85. The quantitative estimate of drug-likeness (QED) is 0.443. The van der Waals surface area contributed by atoms with Crippen molar-refractivity contribution in [3.05, 3.63) is 63.2 Å². The van der Waals surface area contributed by atoms with Gasteiger partial charge in [-0.3, -0.25) is 14.9 Å². The molecule has 3 heterocycles. The zero-order chi connectivity index (χ0) is 26.1. The fraction of sp³-hybridized carbons (Fsp3) is 0.462. The summed E-state index contributed by atoms with van der Waals surface area (Å²) >= 11 is 6.51. The smallest absolute Gasteiger partial charge is 0.409 e. The number of non-ortho nitro benzene ring substituents is 1. The van der Waals surface area contributed by atoms with Crippen molar-refractivity contribution in [1.29, 1.82) is 0 Å². The van der Waals surface area contributed by atoms with Crippen molar-refractivity contribution in [2.24, 2.45) is 5.92 Å². The van der Waals surface area contributed by atoms with Crippen LogP contribution in [0.15, 0.2) is 42.5 Å². The van der Waals surface area contributed by atoms with Crippen LogP contribution in [-0.4, -0.2) is 85.2 Å². The Kier molecular flexibility index (Phi) is 7.10. The van der Waals surface area contributed by atoms with Crippen LogP contribution in [0.2, 0.25) is 5.02 Å². The number of carbonyl (C=O) groups is 2. The second-order valence-corrected chi connectivity index (χ2v) is 9.96. The molecule has 0 saturated carbocycles. The first-order chi connectivity index (χ1) is 17.9. The van der Waals surface area contributed by atoms with Crippen LogP contribution in [-0.2, 0) is 16.0 Å². The Morgan fingerprint density at radius 3 is 2.46 bits per heavy atom. The summed E-state index contributed by atoms with van der Waals surface area (Å²) in [5.74, 6) is -0.370. The molecule has 37 heavy (non-hydrogen) atoms. The molecule has 0 unspecified atom stereocenters. The average Bonchev–Trinajstić information content (AvgIpc) is 2.92. The zero-order valence-electron chi connectivity index (χ0n) is 20.7. The molecule has 0 radical (unpaired) electrons. The van der Waals surface area contributed by atoms with Gasteiger partial charge in [0.15, 0.2) is 0 Å². The topological polar surface area (TPSA) is 99.5 Å². The van der Waals surface area contributed by atoms with E-state index in [2.05, 4.69) is 9.80 Å². The number of fused-ring (bicyclic) bond motifs is 3. The molecule has 2 fully saturated rings. The van der Waals surface area contributed by atoms with Gasteiger partial charge in [0, 0.05) is 63.6 Å². The van der Waals surface area contributed by atoms with Crippen LogP contribution in [0.25, 0.3) is 0 Å². The van der Waals surface area contributed by atoms with E-state index in [9.17, 15) is 19.7 Å². The second-order valence-electron chi connectivity index (χ2n) is 9.55. The van der Waals surface area contributed by atoms with E-state index in [4.69, 9.17) is 16.3 Å². The number of piperazine rings is 2. The van der Waals surface area contributed by atoms with Crippen molar-refractivity contribution in [3.8, 4) is 0 Å². The summed E-state index contributed by atoms with van der Waals surface area (Å²) in [5, 5.41) is 12.1. The molecule has 3 aliphatic rings. The van der Waals surface area contributed by atoms with E-state index in [0.717, 1.165) is 23.5 Å². The zero-order valence-corrected chi connectivity index (χ0v) is 21.5. The van der Waals surface area contributed by atoms with Crippen molar-refractivity contribution in [1.82, 2.24) is 9.80 Å². The molecule has 2 aromatic carbocycles. The highest BCUT2D eigenvalue weighted by Gasteiger charge is 2.44. The summed E-state index contributed by atoms with van der Waals surface area (Å²) in [6.07, 6.45) is 0.0631. The number of hydrogen-bond acceptors (Lipinski definition) is 7. The van der Waals surface area contributed by atoms with E-state index in [-0.39, 0.29) is 29.6 Å². The molecular formula is C26H30ClN5O5. The maximum Gasteiger partial charge on any atom is 0.409 e. The van der Waals surface area contributed by atoms with Crippen LogP contribution in [0.5, 0.6) is 0 Å². The highest BCUT2D eigenvalue weighted by atomic mass is 35.5. The number of nitrogens with zero attached hydrogens (tertiary/aromatic N) is 5. The molecule has 0 aliphatic carbocycles. The van der Waals surface area contributed by atoms with Crippen LogP contribution >= 0.6 is 11.6 Å². The van der Waals surface area contributed by atoms with Gasteiger partial charge in [-0.2, -0.15) is 0 Å². The number of para-hydroxylation sites is 1. The lowest BCUT2D eigenvalue weighted by atomic mass is 9.82. The lowest BCUT2D eigenvalue weighted by molar-refractivity contribution is -0.384. The average molecular weight is 528 g/mol. The largest absolute Gasteiger partial charge is 0.450 e. The number of rotatable bonds is 4. The van der Waals surface area contributed by atoms with Gasteiger partial charge in [0.05, 0.1) is 34.2 Å². The van der Waals surface area contributed by atoms with Gasteiger partial charge in [-0.25, -0.2) is 4.79 Å². The number of benzene rings is 2. The molecular weight excluding hydrogens is 498 g/mol. The minimum absolute atomic E-state index is 0.0108. The molecule has 2 aromatic rings. The predicted molar refractivity (Wildman–Crippen MR) is 140 cm³/mol. The molecule has 0 bridgehead atoms. The molecule has 0 N–H and O–H groups in total. The summed E-state index contributed by atoms with van der Waals surface area (Å²) in [5.41, 5.74) is 2.74. The van der Waals surface area contributed by atoms with E-state index in [1.54, 1.807) is 17.9 Å². The standard InChI is InChI=1S/C26H30ClN5O5/c1-2-37-26(34)29-11-9-28(10-12-29)25(33)20-16-18-15-19(32(35)36)7-8-22(18)31-14-13-30(17-24(20)31)23-6-4-3-5-21(23)27/h3-8,15,20,24H,2,9-14,16-17H2,1H3/t20-,24-/m1/s1. The molecule has 0 aromatic heterocycles. The number of amides is 2. The number of nitro groups is 1. The van der Waals surface area contributed by atoms with Crippen LogP contribution in [0, 0.1) is 16.0 Å². The Morgan fingerprint density at radius 1 is 1.03 bits per heavy atom.